The monoisotopic (exact) mass is 173 g/mol. The van der Waals surface area contributed by atoms with Crippen LogP contribution in [0.15, 0.2) is 24.3 Å². The topological polar surface area (TPSA) is 39.0 Å². The molecule has 0 saturated carbocycles. The lowest BCUT2D eigenvalue weighted by Gasteiger charge is -2.20. The van der Waals surface area contributed by atoms with Gasteiger partial charge in [-0.1, -0.05) is 24.3 Å². The first-order chi connectivity index (χ1) is 6.30. The standard InChI is InChI=1S/C11H11NO/c13-10-11(12-10)6-5-8-3-1-2-4-9(8)7-11/h1-4H,5-7H2,(H,12,13). The number of hydrogen-bond donors (Lipinski definition) is 1. The van der Waals surface area contributed by atoms with Gasteiger partial charge in [0.1, 0.15) is 5.54 Å². The first-order valence-electron chi connectivity index (χ1n) is 4.70. The van der Waals surface area contributed by atoms with Crippen molar-refractivity contribution in [2.75, 3.05) is 0 Å². The summed E-state index contributed by atoms with van der Waals surface area (Å²) >= 11 is 0. The fourth-order valence-corrected chi connectivity index (χ4v) is 2.22. The zero-order valence-corrected chi connectivity index (χ0v) is 7.34. The molecule has 3 rings (SSSR count). The fourth-order valence-electron chi connectivity index (χ4n) is 2.22. The smallest absolute Gasteiger partial charge is 0.246 e. The number of amides is 1. The highest BCUT2D eigenvalue weighted by Crippen LogP contribution is 2.35. The highest BCUT2D eigenvalue weighted by Gasteiger charge is 2.54. The van der Waals surface area contributed by atoms with Gasteiger partial charge in [-0.2, -0.15) is 0 Å². The Balaban J connectivity index is 2.00. The molecule has 1 saturated heterocycles. The lowest BCUT2D eigenvalue weighted by molar-refractivity contribution is -0.112. The van der Waals surface area contributed by atoms with Crippen LogP contribution in [0.25, 0.3) is 0 Å². The average Bonchev–Trinajstić information content (AvgIpc) is 2.76. The quantitative estimate of drug-likeness (QED) is 0.585. The number of aryl methyl sites for hydroxylation is 1. The number of carbonyl (C=O) groups excluding carboxylic acids is 1. The molecule has 1 N–H and O–H groups in total. The van der Waals surface area contributed by atoms with E-state index >= 15 is 0 Å². The molecule has 1 aliphatic carbocycles. The average molecular weight is 173 g/mol. The maximum absolute atomic E-state index is 11.2. The zero-order valence-electron chi connectivity index (χ0n) is 7.34. The summed E-state index contributed by atoms with van der Waals surface area (Å²) in [5, 5.41) is 2.95. The van der Waals surface area contributed by atoms with E-state index in [9.17, 15) is 4.79 Å². The van der Waals surface area contributed by atoms with Crippen molar-refractivity contribution >= 4 is 5.91 Å². The number of nitrogens with one attached hydrogen (secondary N) is 1. The van der Waals surface area contributed by atoms with Gasteiger partial charge >= 0.3 is 0 Å². The van der Waals surface area contributed by atoms with Crippen LogP contribution < -0.4 is 5.32 Å². The van der Waals surface area contributed by atoms with E-state index in [0.717, 1.165) is 19.3 Å². The molecule has 2 heteroatoms. The number of fused-ring (bicyclic) bond motifs is 1. The van der Waals surface area contributed by atoms with Crippen molar-refractivity contribution < 1.29 is 4.79 Å². The summed E-state index contributed by atoms with van der Waals surface area (Å²) in [5.74, 6) is 0.238. The second-order valence-corrected chi connectivity index (χ2v) is 3.98. The Bertz CT molecular complexity index is 385. The number of hydrogen-bond acceptors (Lipinski definition) is 1. The highest BCUT2D eigenvalue weighted by molar-refractivity contribution is 6.02. The van der Waals surface area contributed by atoms with Gasteiger partial charge in [0, 0.05) is 6.42 Å². The van der Waals surface area contributed by atoms with Crippen molar-refractivity contribution in [1.82, 2.24) is 5.32 Å². The summed E-state index contributed by atoms with van der Waals surface area (Å²) < 4.78 is 0. The van der Waals surface area contributed by atoms with Gasteiger partial charge in [-0.3, -0.25) is 4.79 Å². The Morgan fingerprint density at radius 1 is 1.23 bits per heavy atom. The van der Waals surface area contributed by atoms with Crippen LogP contribution in [0.2, 0.25) is 0 Å². The normalized spacial score (nSPS) is 29.7. The summed E-state index contributed by atoms with van der Waals surface area (Å²) in [5.41, 5.74) is 2.59. The van der Waals surface area contributed by atoms with Crippen LogP contribution in [0, 0.1) is 0 Å². The van der Waals surface area contributed by atoms with Crippen molar-refractivity contribution in [2.24, 2.45) is 0 Å². The third-order valence-electron chi connectivity index (χ3n) is 3.16. The minimum Gasteiger partial charge on any atom is -0.339 e. The first-order valence-corrected chi connectivity index (χ1v) is 4.70. The Labute approximate surface area is 77.0 Å². The van der Waals surface area contributed by atoms with Gasteiger partial charge in [-0.25, -0.2) is 0 Å². The van der Waals surface area contributed by atoms with E-state index in [1.54, 1.807) is 0 Å². The Morgan fingerprint density at radius 2 is 1.92 bits per heavy atom. The largest absolute Gasteiger partial charge is 0.339 e. The Hall–Kier alpha value is -1.31. The fraction of sp³-hybridized carbons (Fsp3) is 0.364. The summed E-state index contributed by atoms with van der Waals surface area (Å²) in [6.07, 6.45) is 2.90. The van der Waals surface area contributed by atoms with E-state index in [4.69, 9.17) is 0 Å². The van der Waals surface area contributed by atoms with Crippen LogP contribution in [-0.2, 0) is 17.6 Å². The van der Waals surface area contributed by atoms with Crippen molar-refractivity contribution in [3.8, 4) is 0 Å². The van der Waals surface area contributed by atoms with Gasteiger partial charge in [-0.15, -0.1) is 0 Å². The van der Waals surface area contributed by atoms with Crippen LogP contribution in [0.5, 0.6) is 0 Å². The van der Waals surface area contributed by atoms with Gasteiger partial charge in [-0.05, 0) is 24.0 Å². The summed E-state index contributed by atoms with van der Waals surface area (Å²) in [4.78, 5) is 11.2. The molecule has 2 nitrogen and oxygen atoms in total. The molecule has 1 aromatic carbocycles. The molecule has 1 amide bonds. The van der Waals surface area contributed by atoms with Gasteiger partial charge in [0.25, 0.3) is 0 Å². The molecule has 1 atom stereocenters. The van der Waals surface area contributed by atoms with E-state index in [0.29, 0.717) is 0 Å². The lowest BCUT2D eigenvalue weighted by Crippen LogP contribution is -2.26. The second kappa shape index (κ2) is 2.13. The molecule has 1 heterocycles. The van der Waals surface area contributed by atoms with E-state index in [-0.39, 0.29) is 11.4 Å². The molecular weight excluding hydrogens is 162 g/mol. The van der Waals surface area contributed by atoms with Gasteiger partial charge in [0.15, 0.2) is 0 Å². The minimum atomic E-state index is -0.158. The minimum absolute atomic E-state index is 0.158. The van der Waals surface area contributed by atoms with Crippen LogP contribution >= 0.6 is 0 Å². The van der Waals surface area contributed by atoms with E-state index in [2.05, 4.69) is 23.5 Å². The lowest BCUT2D eigenvalue weighted by atomic mass is 9.83. The van der Waals surface area contributed by atoms with Crippen LogP contribution in [-0.4, -0.2) is 11.4 Å². The van der Waals surface area contributed by atoms with E-state index in [1.165, 1.54) is 11.1 Å². The Morgan fingerprint density at radius 3 is 2.62 bits per heavy atom. The van der Waals surface area contributed by atoms with Crippen molar-refractivity contribution in [3.63, 3.8) is 0 Å². The maximum Gasteiger partial charge on any atom is 0.246 e. The predicted molar refractivity (Wildman–Crippen MR) is 49.3 cm³/mol. The maximum atomic E-state index is 11.2. The van der Waals surface area contributed by atoms with Crippen LogP contribution in [0.4, 0.5) is 0 Å². The summed E-state index contributed by atoms with van der Waals surface area (Å²) in [6, 6.07) is 8.41. The first kappa shape index (κ1) is 7.13. The van der Waals surface area contributed by atoms with E-state index in [1.807, 2.05) is 6.07 Å². The molecule has 13 heavy (non-hydrogen) atoms. The SMILES string of the molecule is O=C1NC12CCc1ccccc1C2. The molecule has 1 aromatic rings. The molecule has 1 unspecified atom stereocenters. The number of benzene rings is 1. The molecule has 0 aromatic heterocycles. The molecule has 66 valence electrons. The summed E-state index contributed by atoms with van der Waals surface area (Å²) in [7, 11) is 0. The zero-order chi connectivity index (χ0) is 8.89. The van der Waals surface area contributed by atoms with Gasteiger partial charge in [0.05, 0.1) is 0 Å². The van der Waals surface area contributed by atoms with Crippen LogP contribution in [0.3, 0.4) is 0 Å². The van der Waals surface area contributed by atoms with E-state index < -0.39 is 0 Å². The van der Waals surface area contributed by atoms with Crippen molar-refractivity contribution in [1.29, 1.82) is 0 Å². The van der Waals surface area contributed by atoms with Gasteiger partial charge < -0.3 is 5.32 Å². The van der Waals surface area contributed by atoms with Crippen molar-refractivity contribution in [3.05, 3.63) is 35.4 Å². The van der Waals surface area contributed by atoms with Crippen molar-refractivity contribution in [2.45, 2.75) is 24.8 Å². The van der Waals surface area contributed by atoms with Crippen LogP contribution in [0.1, 0.15) is 17.5 Å². The second-order valence-electron chi connectivity index (χ2n) is 3.98. The third-order valence-corrected chi connectivity index (χ3v) is 3.16. The number of rotatable bonds is 0. The molecular formula is C11H11NO. The molecule has 0 bridgehead atoms. The Kier molecular flexibility index (Phi) is 1.17. The molecule has 1 fully saturated rings. The third kappa shape index (κ3) is 0.916. The summed E-state index contributed by atoms with van der Waals surface area (Å²) in [6.45, 7) is 0. The molecule has 1 aliphatic heterocycles. The molecule has 1 spiro atoms. The molecule has 0 radical (unpaired) electrons. The number of carbonyl (C=O) groups is 1. The molecule has 2 aliphatic rings. The van der Waals surface area contributed by atoms with Gasteiger partial charge in [0.2, 0.25) is 5.91 Å². The highest BCUT2D eigenvalue weighted by atomic mass is 16.2. The predicted octanol–water partition coefficient (Wildman–Crippen LogP) is 1.04.